The molecule has 148 valence electrons. The van der Waals surface area contributed by atoms with E-state index in [-0.39, 0.29) is 10.9 Å². The van der Waals surface area contributed by atoms with E-state index in [1.807, 2.05) is 49.0 Å². The van der Waals surface area contributed by atoms with E-state index in [0.717, 1.165) is 22.6 Å². The SMILES string of the molecule is Cc1cccc(C#CC(O)(C(=O)Nc2ccc(C#N)c(Cl)c2)C2CCSCC2)c1. The maximum absolute atomic E-state index is 13.1. The first-order valence-electron chi connectivity index (χ1n) is 9.33. The average molecular weight is 425 g/mol. The third-order valence-electron chi connectivity index (χ3n) is 4.92. The summed E-state index contributed by atoms with van der Waals surface area (Å²) in [6.45, 7) is 1.97. The molecule has 0 radical (unpaired) electrons. The van der Waals surface area contributed by atoms with Gasteiger partial charge in [0.05, 0.1) is 10.6 Å². The van der Waals surface area contributed by atoms with Gasteiger partial charge in [-0.05, 0) is 67.2 Å². The number of amides is 1. The molecule has 1 aliphatic rings. The third kappa shape index (κ3) is 5.14. The summed E-state index contributed by atoms with van der Waals surface area (Å²) in [5, 5.41) is 23.4. The van der Waals surface area contributed by atoms with E-state index >= 15 is 0 Å². The summed E-state index contributed by atoms with van der Waals surface area (Å²) >= 11 is 7.88. The van der Waals surface area contributed by atoms with Crippen LogP contribution in [0.25, 0.3) is 0 Å². The third-order valence-corrected chi connectivity index (χ3v) is 6.28. The minimum Gasteiger partial charge on any atom is -0.369 e. The van der Waals surface area contributed by atoms with Gasteiger partial charge in [0, 0.05) is 17.2 Å². The normalized spacial score (nSPS) is 16.1. The van der Waals surface area contributed by atoms with Gasteiger partial charge in [0.15, 0.2) is 0 Å². The standard InChI is InChI=1S/C23H21ClN2O2S/c1-16-3-2-4-17(13-16)7-10-23(28,19-8-11-29-12-9-19)22(27)26-20-6-5-18(15-25)21(24)14-20/h2-6,13-14,19,28H,8-9,11-12H2,1H3,(H,26,27). The summed E-state index contributed by atoms with van der Waals surface area (Å²) in [4.78, 5) is 13.1. The number of carbonyl (C=O) groups is 1. The van der Waals surface area contributed by atoms with Crippen LogP contribution in [0.2, 0.25) is 5.02 Å². The van der Waals surface area contributed by atoms with Crippen molar-refractivity contribution >= 4 is 35.0 Å². The molecule has 1 heterocycles. The number of carbonyl (C=O) groups excluding carboxylic acids is 1. The molecule has 3 rings (SSSR count). The van der Waals surface area contributed by atoms with Crippen molar-refractivity contribution < 1.29 is 9.90 Å². The highest BCUT2D eigenvalue weighted by atomic mass is 35.5. The largest absolute Gasteiger partial charge is 0.369 e. The van der Waals surface area contributed by atoms with Gasteiger partial charge < -0.3 is 10.4 Å². The van der Waals surface area contributed by atoms with Crippen molar-refractivity contribution in [2.24, 2.45) is 5.92 Å². The second-order valence-corrected chi connectivity index (χ2v) is 8.67. The molecule has 1 amide bonds. The molecule has 0 spiro atoms. The fourth-order valence-electron chi connectivity index (χ4n) is 3.26. The molecule has 0 aliphatic carbocycles. The number of nitrogens with zero attached hydrogens (tertiary/aromatic N) is 1. The van der Waals surface area contributed by atoms with Crippen molar-refractivity contribution in [3.63, 3.8) is 0 Å². The first kappa shape index (κ1) is 21.3. The monoisotopic (exact) mass is 424 g/mol. The fourth-order valence-corrected chi connectivity index (χ4v) is 4.59. The number of benzene rings is 2. The highest BCUT2D eigenvalue weighted by Gasteiger charge is 2.43. The zero-order chi connectivity index (χ0) is 20.9. The van der Waals surface area contributed by atoms with Crippen molar-refractivity contribution in [2.45, 2.75) is 25.4 Å². The lowest BCUT2D eigenvalue weighted by Gasteiger charge is -2.33. The molecule has 0 bridgehead atoms. The molecule has 2 N–H and O–H groups in total. The molecule has 0 aromatic heterocycles. The lowest BCUT2D eigenvalue weighted by atomic mass is 9.82. The van der Waals surface area contributed by atoms with E-state index < -0.39 is 11.5 Å². The Morgan fingerprint density at radius 3 is 2.69 bits per heavy atom. The Balaban J connectivity index is 1.91. The van der Waals surface area contributed by atoms with Crippen LogP contribution >= 0.6 is 23.4 Å². The summed E-state index contributed by atoms with van der Waals surface area (Å²) in [5.74, 6) is 6.79. The summed E-state index contributed by atoms with van der Waals surface area (Å²) in [7, 11) is 0. The lowest BCUT2D eigenvalue weighted by molar-refractivity contribution is -0.133. The second-order valence-electron chi connectivity index (χ2n) is 7.03. The molecule has 2 aromatic rings. The van der Waals surface area contributed by atoms with Crippen LogP contribution in [-0.2, 0) is 4.79 Å². The summed E-state index contributed by atoms with van der Waals surface area (Å²) in [6.07, 6.45) is 1.43. The van der Waals surface area contributed by atoms with Gasteiger partial charge in [-0.25, -0.2) is 0 Å². The van der Waals surface area contributed by atoms with Crippen LogP contribution in [0.4, 0.5) is 5.69 Å². The number of anilines is 1. The molecular formula is C23H21ClN2O2S. The van der Waals surface area contributed by atoms with Crippen LogP contribution in [0.1, 0.15) is 29.5 Å². The van der Waals surface area contributed by atoms with Gasteiger partial charge in [-0.3, -0.25) is 4.79 Å². The quantitative estimate of drug-likeness (QED) is 0.717. The number of hydrogen-bond acceptors (Lipinski definition) is 4. The number of rotatable bonds is 3. The molecule has 1 unspecified atom stereocenters. The molecule has 2 aromatic carbocycles. The Bertz CT molecular complexity index is 1020. The molecule has 1 saturated heterocycles. The van der Waals surface area contributed by atoms with E-state index in [4.69, 9.17) is 16.9 Å². The minimum absolute atomic E-state index is 0.244. The predicted molar refractivity (Wildman–Crippen MR) is 118 cm³/mol. The van der Waals surface area contributed by atoms with E-state index in [2.05, 4.69) is 17.2 Å². The van der Waals surface area contributed by atoms with Crippen molar-refractivity contribution in [1.29, 1.82) is 5.26 Å². The lowest BCUT2D eigenvalue weighted by Crippen LogP contribution is -2.49. The van der Waals surface area contributed by atoms with E-state index in [0.29, 0.717) is 24.1 Å². The van der Waals surface area contributed by atoms with Crippen LogP contribution in [0, 0.1) is 36.0 Å². The van der Waals surface area contributed by atoms with Gasteiger partial charge in [0.25, 0.3) is 5.91 Å². The molecule has 6 heteroatoms. The minimum atomic E-state index is -1.81. The molecule has 1 aliphatic heterocycles. The molecule has 1 fully saturated rings. The van der Waals surface area contributed by atoms with Crippen molar-refractivity contribution in [1.82, 2.24) is 0 Å². The highest BCUT2D eigenvalue weighted by molar-refractivity contribution is 7.99. The topological polar surface area (TPSA) is 73.1 Å². The number of nitriles is 1. The van der Waals surface area contributed by atoms with Crippen molar-refractivity contribution in [2.75, 3.05) is 16.8 Å². The number of aryl methyl sites for hydroxylation is 1. The Morgan fingerprint density at radius 1 is 1.28 bits per heavy atom. The highest BCUT2D eigenvalue weighted by Crippen LogP contribution is 2.33. The number of thioether (sulfide) groups is 1. The molecule has 29 heavy (non-hydrogen) atoms. The molecule has 4 nitrogen and oxygen atoms in total. The van der Waals surface area contributed by atoms with Crippen LogP contribution in [0.15, 0.2) is 42.5 Å². The summed E-state index contributed by atoms with van der Waals surface area (Å²) in [6, 6.07) is 14.3. The maximum atomic E-state index is 13.1. The van der Waals surface area contributed by atoms with Gasteiger partial charge in [-0.1, -0.05) is 35.6 Å². The van der Waals surface area contributed by atoms with Crippen LogP contribution in [-0.4, -0.2) is 28.1 Å². The predicted octanol–water partition coefficient (Wildman–Crippen LogP) is 4.38. The van der Waals surface area contributed by atoms with Crippen LogP contribution in [0.5, 0.6) is 0 Å². The smallest absolute Gasteiger partial charge is 0.269 e. The van der Waals surface area contributed by atoms with Crippen LogP contribution < -0.4 is 5.32 Å². The second kappa shape index (κ2) is 9.37. The van der Waals surface area contributed by atoms with E-state index in [1.165, 1.54) is 12.1 Å². The average Bonchev–Trinajstić information content (AvgIpc) is 2.73. The van der Waals surface area contributed by atoms with E-state index in [9.17, 15) is 9.90 Å². The van der Waals surface area contributed by atoms with Gasteiger partial charge in [0.1, 0.15) is 6.07 Å². The summed E-state index contributed by atoms with van der Waals surface area (Å²) in [5.41, 5.74) is 0.739. The zero-order valence-electron chi connectivity index (χ0n) is 16.0. The number of halogens is 1. The first-order chi connectivity index (χ1) is 13.9. The number of hydrogen-bond donors (Lipinski definition) is 2. The molecule has 0 saturated carbocycles. The number of nitrogens with one attached hydrogen (secondary N) is 1. The van der Waals surface area contributed by atoms with Gasteiger partial charge in [-0.15, -0.1) is 0 Å². The Hall–Kier alpha value is -2.44. The number of aliphatic hydroxyl groups is 1. The Kier molecular flexibility index (Phi) is 6.87. The zero-order valence-corrected chi connectivity index (χ0v) is 17.6. The van der Waals surface area contributed by atoms with Gasteiger partial charge in [0.2, 0.25) is 5.60 Å². The van der Waals surface area contributed by atoms with E-state index in [1.54, 1.807) is 6.07 Å². The van der Waals surface area contributed by atoms with Gasteiger partial charge >= 0.3 is 0 Å². The maximum Gasteiger partial charge on any atom is 0.269 e. The van der Waals surface area contributed by atoms with Crippen molar-refractivity contribution in [3.8, 4) is 17.9 Å². The van der Waals surface area contributed by atoms with Crippen LogP contribution in [0.3, 0.4) is 0 Å². The molecule has 1 atom stereocenters. The molecular weight excluding hydrogens is 404 g/mol. The van der Waals surface area contributed by atoms with Crippen molar-refractivity contribution in [3.05, 3.63) is 64.2 Å². The summed E-state index contributed by atoms with van der Waals surface area (Å²) < 4.78 is 0. The Labute approximate surface area is 180 Å². The van der Waals surface area contributed by atoms with Gasteiger partial charge in [-0.2, -0.15) is 17.0 Å². The Morgan fingerprint density at radius 2 is 2.03 bits per heavy atom. The first-order valence-corrected chi connectivity index (χ1v) is 10.9. The fraction of sp³-hybridized carbons (Fsp3) is 0.304.